The number of hydrogen-bond acceptors (Lipinski definition) is 2. The van der Waals surface area contributed by atoms with E-state index >= 15 is 0 Å². The summed E-state index contributed by atoms with van der Waals surface area (Å²) in [5.41, 5.74) is -2.92. The zero-order valence-electron chi connectivity index (χ0n) is 17.8. The molecule has 0 amide bonds. The second kappa shape index (κ2) is 5.60. The Bertz CT molecular complexity index is 762. The summed E-state index contributed by atoms with van der Waals surface area (Å²) in [4.78, 5) is 13.7. The van der Waals surface area contributed by atoms with Gasteiger partial charge in [0.15, 0.2) is 0 Å². The summed E-state index contributed by atoms with van der Waals surface area (Å²) in [6.45, 7) is 1.96. The standard InChI is InChI=1S/C25H33F3O2/c1-23(17-5-12-4-13(7-17)8-18(23)6-12)22(29)30-24(25(26,27)28)11-16-10-19(24)21-15-3-2-14(9-15)20(16)21/h12-21H,2-11H2,1H3. The molecule has 8 aliphatic carbocycles. The third-order valence-electron chi connectivity index (χ3n) is 11.8. The number of alkyl halides is 3. The minimum Gasteiger partial charge on any atom is -0.449 e. The quantitative estimate of drug-likeness (QED) is 0.403. The highest BCUT2D eigenvalue weighted by Gasteiger charge is 2.77. The largest absolute Gasteiger partial charge is 0.449 e. The van der Waals surface area contributed by atoms with Gasteiger partial charge in [0.1, 0.15) is 0 Å². The van der Waals surface area contributed by atoms with E-state index in [1.807, 2.05) is 6.92 Å². The van der Waals surface area contributed by atoms with Crippen molar-refractivity contribution < 1.29 is 22.7 Å². The number of rotatable bonds is 2. The van der Waals surface area contributed by atoms with Crippen LogP contribution in [0.1, 0.15) is 71.1 Å². The Morgan fingerprint density at radius 2 is 1.43 bits per heavy atom. The minimum atomic E-state index is -4.46. The van der Waals surface area contributed by atoms with Crippen LogP contribution in [0.2, 0.25) is 0 Å². The smallest absolute Gasteiger partial charge is 0.428 e. The lowest BCUT2D eigenvalue weighted by Gasteiger charge is -2.59. The van der Waals surface area contributed by atoms with Gasteiger partial charge < -0.3 is 4.74 Å². The zero-order valence-corrected chi connectivity index (χ0v) is 17.8. The van der Waals surface area contributed by atoms with Crippen molar-refractivity contribution in [3.05, 3.63) is 0 Å². The fraction of sp³-hybridized carbons (Fsp3) is 0.960. The molecule has 8 bridgehead atoms. The van der Waals surface area contributed by atoms with Gasteiger partial charge in [-0.3, -0.25) is 4.79 Å². The second-order valence-electron chi connectivity index (χ2n) is 12.7. The molecule has 2 nitrogen and oxygen atoms in total. The molecule has 0 radical (unpaired) electrons. The molecule has 0 saturated heterocycles. The predicted octanol–water partition coefficient (Wildman–Crippen LogP) is 6.00. The first-order valence-electron chi connectivity index (χ1n) is 12.5. The molecular formula is C25H33F3O2. The first-order chi connectivity index (χ1) is 14.2. The van der Waals surface area contributed by atoms with Gasteiger partial charge in [-0.2, -0.15) is 13.2 Å². The van der Waals surface area contributed by atoms with Crippen molar-refractivity contribution in [3.63, 3.8) is 0 Å². The van der Waals surface area contributed by atoms with Crippen molar-refractivity contribution in [2.45, 2.75) is 82.9 Å². The van der Waals surface area contributed by atoms with Crippen molar-refractivity contribution in [3.8, 4) is 0 Å². The maximum Gasteiger partial charge on any atom is 0.428 e. The SMILES string of the molecule is CC1(C(=O)OC2(C(F)(F)F)CC3CC2C2C4CCC(C4)C32)C2CC3CC(C2)CC1C3. The minimum absolute atomic E-state index is 0.0357. The molecule has 0 aromatic carbocycles. The van der Waals surface area contributed by atoms with E-state index in [0.717, 1.165) is 38.5 Å². The van der Waals surface area contributed by atoms with Crippen LogP contribution in [0.15, 0.2) is 0 Å². The molecule has 7 atom stereocenters. The Balaban J connectivity index is 1.22. The number of halogens is 3. The molecule has 8 saturated carbocycles. The molecule has 0 aliphatic heterocycles. The van der Waals surface area contributed by atoms with Gasteiger partial charge in [-0.25, -0.2) is 0 Å². The summed E-state index contributed by atoms with van der Waals surface area (Å²) >= 11 is 0. The molecule has 8 fully saturated rings. The molecule has 0 heterocycles. The Morgan fingerprint density at radius 1 is 0.833 bits per heavy atom. The van der Waals surface area contributed by atoms with Gasteiger partial charge >= 0.3 is 12.1 Å². The lowest BCUT2D eigenvalue weighted by molar-refractivity contribution is -0.302. The molecule has 0 spiro atoms. The Kier molecular flexibility index (Phi) is 3.51. The van der Waals surface area contributed by atoms with E-state index in [1.54, 1.807) is 0 Å². The van der Waals surface area contributed by atoms with Crippen molar-refractivity contribution in [1.82, 2.24) is 0 Å². The third kappa shape index (κ3) is 2.07. The fourth-order valence-electron chi connectivity index (χ4n) is 10.9. The Morgan fingerprint density at radius 3 is 2.03 bits per heavy atom. The van der Waals surface area contributed by atoms with Crippen LogP contribution >= 0.6 is 0 Å². The highest BCUT2D eigenvalue weighted by atomic mass is 19.4. The maximum absolute atomic E-state index is 14.7. The average molecular weight is 423 g/mol. The monoisotopic (exact) mass is 422 g/mol. The molecule has 30 heavy (non-hydrogen) atoms. The Hall–Kier alpha value is -0.740. The molecule has 166 valence electrons. The van der Waals surface area contributed by atoms with Crippen molar-refractivity contribution in [1.29, 1.82) is 0 Å². The number of esters is 1. The van der Waals surface area contributed by atoms with Gasteiger partial charge in [-0.05, 0) is 124 Å². The van der Waals surface area contributed by atoms with Gasteiger partial charge in [0.05, 0.1) is 5.41 Å². The van der Waals surface area contributed by atoms with E-state index < -0.39 is 29.1 Å². The molecule has 0 aromatic rings. The molecule has 8 aliphatic rings. The maximum atomic E-state index is 14.7. The second-order valence-corrected chi connectivity index (χ2v) is 12.7. The molecule has 7 unspecified atom stereocenters. The van der Waals surface area contributed by atoms with E-state index in [-0.39, 0.29) is 30.1 Å². The molecular weight excluding hydrogens is 389 g/mol. The number of hydrogen-bond donors (Lipinski definition) is 0. The highest BCUT2D eigenvalue weighted by Crippen LogP contribution is 2.73. The summed E-state index contributed by atoms with van der Waals surface area (Å²) in [5.74, 6) is 2.61. The number of fused-ring (bicyclic) bond motifs is 9. The molecule has 0 N–H and O–H groups in total. The van der Waals surface area contributed by atoms with Crippen molar-refractivity contribution in [2.75, 3.05) is 0 Å². The summed E-state index contributed by atoms with van der Waals surface area (Å²) in [7, 11) is 0. The molecule has 5 heteroatoms. The summed E-state index contributed by atoms with van der Waals surface area (Å²) in [6.07, 6.45) is 4.93. The summed E-state index contributed by atoms with van der Waals surface area (Å²) in [6, 6.07) is 0. The molecule has 8 rings (SSSR count). The number of ether oxygens (including phenoxy) is 1. The van der Waals surface area contributed by atoms with Gasteiger partial charge in [0.25, 0.3) is 0 Å². The number of carbonyl (C=O) groups excluding carboxylic acids is 1. The fourth-order valence-corrected chi connectivity index (χ4v) is 10.9. The van der Waals surface area contributed by atoms with Crippen LogP contribution in [-0.4, -0.2) is 17.7 Å². The van der Waals surface area contributed by atoms with E-state index in [0.29, 0.717) is 36.0 Å². The van der Waals surface area contributed by atoms with Crippen molar-refractivity contribution in [2.24, 2.45) is 64.6 Å². The van der Waals surface area contributed by atoms with Gasteiger partial charge in [-0.15, -0.1) is 0 Å². The zero-order chi connectivity index (χ0) is 20.6. The van der Waals surface area contributed by atoms with Gasteiger partial charge in [0, 0.05) is 5.92 Å². The van der Waals surface area contributed by atoms with E-state index in [2.05, 4.69) is 0 Å². The van der Waals surface area contributed by atoms with E-state index in [9.17, 15) is 18.0 Å². The molecule has 0 aromatic heterocycles. The third-order valence-corrected chi connectivity index (χ3v) is 11.8. The average Bonchev–Trinajstić information content (AvgIpc) is 3.43. The van der Waals surface area contributed by atoms with Gasteiger partial charge in [0.2, 0.25) is 5.60 Å². The Labute approximate surface area is 176 Å². The summed E-state index contributed by atoms with van der Waals surface area (Å²) in [5, 5.41) is 0. The summed E-state index contributed by atoms with van der Waals surface area (Å²) < 4.78 is 50.0. The van der Waals surface area contributed by atoms with Crippen LogP contribution in [-0.2, 0) is 9.53 Å². The lowest BCUT2D eigenvalue weighted by Crippen LogP contribution is -2.61. The van der Waals surface area contributed by atoms with Crippen LogP contribution in [0.3, 0.4) is 0 Å². The van der Waals surface area contributed by atoms with Crippen LogP contribution in [0.25, 0.3) is 0 Å². The van der Waals surface area contributed by atoms with Crippen LogP contribution in [0.5, 0.6) is 0 Å². The first-order valence-corrected chi connectivity index (χ1v) is 12.5. The topological polar surface area (TPSA) is 26.3 Å². The predicted molar refractivity (Wildman–Crippen MR) is 104 cm³/mol. The number of carbonyl (C=O) groups is 1. The normalized spacial score (nSPS) is 59.7. The van der Waals surface area contributed by atoms with Crippen molar-refractivity contribution >= 4 is 5.97 Å². The van der Waals surface area contributed by atoms with Crippen LogP contribution < -0.4 is 0 Å². The van der Waals surface area contributed by atoms with Crippen LogP contribution in [0, 0.1) is 64.6 Å². The lowest BCUT2D eigenvalue weighted by atomic mass is 9.46. The van der Waals surface area contributed by atoms with E-state index in [1.165, 1.54) is 12.8 Å². The highest BCUT2D eigenvalue weighted by molar-refractivity contribution is 5.78. The van der Waals surface area contributed by atoms with Crippen LogP contribution in [0.4, 0.5) is 13.2 Å². The van der Waals surface area contributed by atoms with E-state index in [4.69, 9.17) is 4.74 Å². The van der Waals surface area contributed by atoms with Gasteiger partial charge in [-0.1, -0.05) is 0 Å². The first kappa shape index (κ1) is 18.8.